The summed E-state index contributed by atoms with van der Waals surface area (Å²) in [6, 6.07) is 8.75. The second kappa shape index (κ2) is 6.06. The molecule has 110 valence electrons. The molecule has 0 aliphatic carbocycles. The molecule has 4 nitrogen and oxygen atoms in total. The summed E-state index contributed by atoms with van der Waals surface area (Å²) in [5, 5.41) is 6.20. The van der Waals surface area contributed by atoms with Crippen molar-refractivity contribution in [1.82, 2.24) is 0 Å². The Morgan fingerprint density at radius 1 is 1.05 bits per heavy atom. The topological polar surface area (TPSA) is 67.2 Å². The minimum Gasteiger partial charge on any atom is -0.398 e. The Morgan fingerprint density at radius 3 is 2.38 bits per heavy atom. The van der Waals surface area contributed by atoms with Crippen LogP contribution in [0.1, 0.15) is 16.7 Å². The number of rotatable bonds is 2. The van der Waals surface area contributed by atoms with Crippen molar-refractivity contribution in [3.63, 3.8) is 0 Å². The number of benzene rings is 2. The van der Waals surface area contributed by atoms with Gasteiger partial charge in [-0.25, -0.2) is 4.79 Å². The first-order valence-electron chi connectivity index (χ1n) is 6.58. The fraction of sp³-hybridized carbons (Fsp3) is 0.188. The first-order valence-corrected chi connectivity index (χ1v) is 6.96. The molecule has 21 heavy (non-hydrogen) atoms. The number of amides is 2. The van der Waals surface area contributed by atoms with Gasteiger partial charge >= 0.3 is 6.03 Å². The Hall–Kier alpha value is -2.20. The molecule has 0 fully saturated rings. The van der Waals surface area contributed by atoms with Crippen LogP contribution in [0.4, 0.5) is 21.9 Å². The quantitative estimate of drug-likeness (QED) is 0.715. The summed E-state index contributed by atoms with van der Waals surface area (Å²) in [7, 11) is 0. The third-order valence-electron chi connectivity index (χ3n) is 3.38. The predicted octanol–water partition coefficient (Wildman–Crippen LogP) is 4.49. The Labute approximate surface area is 129 Å². The second-order valence-corrected chi connectivity index (χ2v) is 5.42. The van der Waals surface area contributed by atoms with Gasteiger partial charge in [0.15, 0.2) is 0 Å². The highest BCUT2D eigenvalue weighted by Crippen LogP contribution is 2.25. The van der Waals surface area contributed by atoms with Gasteiger partial charge in [-0.15, -0.1) is 0 Å². The SMILES string of the molecule is Cc1ccc(NC(=O)Nc2c(C)ccc(N)c2C)cc1Cl. The van der Waals surface area contributed by atoms with E-state index < -0.39 is 0 Å². The van der Waals surface area contributed by atoms with Crippen LogP contribution in [0, 0.1) is 20.8 Å². The van der Waals surface area contributed by atoms with Crippen LogP contribution in [0.15, 0.2) is 30.3 Å². The van der Waals surface area contributed by atoms with Crippen LogP contribution in [0.25, 0.3) is 0 Å². The number of nitrogens with two attached hydrogens (primary N) is 1. The lowest BCUT2D eigenvalue weighted by atomic mass is 10.1. The zero-order valence-electron chi connectivity index (χ0n) is 12.3. The number of carbonyl (C=O) groups excluding carboxylic acids is 1. The molecule has 0 heterocycles. The van der Waals surface area contributed by atoms with E-state index in [2.05, 4.69) is 10.6 Å². The van der Waals surface area contributed by atoms with Crippen molar-refractivity contribution in [3.8, 4) is 0 Å². The van der Waals surface area contributed by atoms with Crippen molar-refractivity contribution in [3.05, 3.63) is 52.0 Å². The first-order chi connectivity index (χ1) is 9.88. The average molecular weight is 304 g/mol. The summed E-state index contributed by atoms with van der Waals surface area (Å²) < 4.78 is 0. The third-order valence-corrected chi connectivity index (χ3v) is 3.79. The molecule has 0 aliphatic rings. The van der Waals surface area contributed by atoms with E-state index in [1.165, 1.54) is 0 Å². The Kier molecular flexibility index (Phi) is 4.38. The van der Waals surface area contributed by atoms with E-state index in [0.717, 1.165) is 22.4 Å². The number of anilines is 3. The summed E-state index contributed by atoms with van der Waals surface area (Å²) in [4.78, 5) is 12.1. The van der Waals surface area contributed by atoms with Gasteiger partial charge in [0, 0.05) is 16.4 Å². The number of halogens is 1. The highest BCUT2D eigenvalue weighted by molar-refractivity contribution is 6.31. The van der Waals surface area contributed by atoms with Crippen molar-refractivity contribution in [2.45, 2.75) is 20.8 Å². The van der Waals surface area contributed by atoms with Crippen molar-refractivity contribution in [2.75, 3.05) is 16.4 Å². The van der Waals surface area contributed by atoms with E-state index >= 15 is 0 Å². The van der Waals surface area contributed by atoms with Crippen LogP contribution in [0.3, 0.4) is 0 Å². The maximum atomic E-state index is 12.1. The molecule has 0 aliphatic heterocycles. The molecule has 2 aromatic rings. The van der Waals surface area contributed by atoms with Crippen LogP contribution in [0.2, 0.25) is 5.02 Å². The summed E-state index contributed by atoms with van der Waals surface area (Å²) in [6.07, 6.45) is 0. The molecular formula is C16H18ClN3O. The molecule has 2 amide bonds. The highest BCUT2D eigenvalue weighted by Gasteiger charge is 2.10. The summed E-state index contributed by atoms with van der Waals surface area (Å²) in [5.74, 6) is 0. The molecule has 0 atom stereocenters. The van der Waals surface area contributed by atoms with Crippen LogP contribution in [-0.2, 0) is 0 Å². The van der Waals surface area contributed by atoms with Gasteiger partial charge in [-0.2, -0.15) is 0 Å². The maximum Gasteiger partial charge on any atom is 0.323 e. The number of carbonyl (C=O) groups is 1. The first kappa shape index (κ1) is 15.2. The number of hydrogen-bond donors (Lipinski definition) is 3. The van der Waals surface area contributed by atoms with Crippen LogP contribution in [-0.4, -0.2) is 6.03 Å². The van der Waals surface area contributed by atoms with Crippen molar-refractivity contribution in [2.24, 2.45) is 0 Å². The Morgan fingerprint density at radius 2 is 1.71 bits per heavy atom. The van der Waals surface area contributed by atoms with Gasteiger partial charge in [-0.05, 0) is 55.7 Å². The molecule has 2 rings (SSSR count). The van der Waals surface area contributed by atoms with Crippen molar-refractivity contribution >= 4 is 34.7 Å². The summed E-state index contributed by atoms with van der Waals surface area (Å²) in [5.41, 5.74) is 10.7. The number of nitrogen functional groups attached to an aromatic ring is 1. The largest absolute Gasteiger partial charge is 0.398 e. The Bertz CT molecular complexity index is 698. The molecule has 0 unspecified atom stereocenters. The lowest BCUT2D eigenvalue weighted by Crippen LogP contribution is -2.20. The fourth-order valence-electron chi connectivity index (χ4n) is 2.00. The second-order valence-electron chi connectivity index (χ2n) is 5.01. The smallest absolute Gasteiger partial charge is 0.323 e. The minimum atomic E-state index is -0.327. The van der Waals surface area contributed by atoms with E-state index in [0.29, 0.717) is 16.4 Å². The number of hydrogen-bond acceptors (Lipinski definition) is 2. The zero-order valence-corrected chi connectivity index (χ0v) is 13.0. The van der Waals surface area contributed by atoms with Gasteiger partial charge in [-0.3, -0.25) is 0 Å². The molecule has 0 aromatic heterocycles. The van der Waals surface area contributed by atoms with Crippen LogP contribution in [0.5, 0.6) is 0 Å². The van der Waals surface area contributed by atoms with Gasteiger partial charge in [0.2, 0.25) is 0 Å². The molecule has 0 bridgehead atoms. The van der Waals surface area contributed by atoms with E-state index in [1.54, 1.807) is 12.1 Å². The standard InChI is InChI=1S/C16H18ClN3O/c1-9-4-6-12(8-13(9)17)19-16(21)20-15-10(2)5-7-14(18)11(15)3/h4-8H,18H2,1-3H3,(H2,19,20,21). The summed E-state index contributed by atoms with van der Waals surface area (Å²) >= 11 is 6.04. The van der Waals surface area contributed by atoms with Gasteiger partial charge in [0.1, 0.15) is 0 Å². The van der Waals surface area contributed by atoms with Gasteiger partial charge in [0.25, 0.3) is 0 Å². The van der Waals surface area contributed by atoms with Gasteiger partial charge < -0.3 is 16.4 Å². The third kappa shape index (κ3) is 3.47. The van der Waals surface area contributed by atoms with Gasteiger partial charge in [-0.1, -0.05) is 23.7 Å². The zero-order chi connectivity index (χ0) is 15.6. The average Bonchev–Trinajstić information content (AvgIpc) is 2.43. The molecule has 0 radical (unpaired) electrons. The normalized spacial score (nSPS) is 10.3. The minimum absolute atomic E-state index is 0.327. The van der Waals surface area contributed by atoms with Gasteiger partial charge in [0.05, 0.1) is 5.69 Å². The van der Waals surface area contributed by atoms with E-state index in [4.69, 9.17) is 17.3 Å². The van der Waals surface area contributed by atoms with E-state index in [9.17, 15) is 4.79 Å². The number of nitrogens with one attached hydrogen (secondary N) is 2. The number of aryl methyl sites for hydroxylation is 2. The van der Waals surface area contributed by atoms with E-state index in [1.807, 2.05) is 39.0 Å². The summed E-state index contributed by atoms with van der Waals surface area (Å²) in [6.45, 7) is 5.71. The molecule has 4 N–H and O–H groups in total. The Balaban J connectivity index is 2.15. The van der Waals surface area contributed by atoms with Crippen LogP contribution >= 0.6 is 11.6 Å². The molecule has 2 aromatic carbocycles. The monoisotopic (exact) mass is 303 g/mol. The highest BCUT2D eigenvalue weighted by atomic mass is 35.5. The van der Waals surface area contributed by atoms with Crippen LogP contribution < -0.4 is 16.4 Å². The van der Waals surface area contributed by atoms with E-state index in [-0.39, 0.29) is 6.03 Å². The van der Waals surface area contributed by atoms with Crippen molar-refractivity contribution < 1.29 is 4.79 Å². The lowest BCUT2D eigenvalue weighted by Gasteiger charge is -2.14. The molecule has 0 spiro atoms. The van der Waals surface area contributed by atoms with Crippen molar-refractivity contribution in [1.29, 1.82) is 0 Å². The number of urea groups is 1. The molecule has 0 saturated heterocycles. The predicted molar refractivity (Wildman–Crippen MR) is 89.2 cm³/mol. The fourth-order valence-corrected chi connectivity index (χ4v) is 2.18. The molecule has 0 saturated carbocycles. The lowest BCUT2D eigenvalue weighted by molar-refractivity contribution is 0.262. The maximum absolute atomic E-state index is 12.1. The molecular weight excluding hydrogens is 286 g/mol. The molecule has 5 heteroatoms.